The Morgan fingerprint density at radius 1 is 1.39 bits per heavy atom. The van der Waals surface area contributed by atoms with E-state index in [-0.39, 0.29) is 24.3 Å². The van der Waals surface area contributed by atoms with Gasteiger partial charge in [-0.15, -0.1) is 12.4 Å². The minimum atomic E-state index is -3.52. The van der Waals surface area contributed by atoms with Gasteiger partial charge in [-0.05, 0) is 36.5 Å². The fourth-order valence-electron chi connectivity index (χ4n) is 2.90. The quantitative estimate of drug-likeness (QED) is 0.867. The highest BCUT2D eigenvalue weighted by Crippen LogP contribution is 2.32. The maximum absolute atomic E-state index is 13.5. The molecule has 3 rings (SSSR count). The summed E-state index contributed by atoms with van der Waals surface area (Å²) in [5.74, 6) is 0.155. The second-order valence-corrected chi connectivity index (χ2v) is 8.11. The Morgan fingerprint density at radius 3 is 2.78 bits per heavy atom. The van der Waals surface area contributed by atoms with Crippen LogP contribution in [-0.4, -0.2) is 50.3 Å². The first-order chi connectivity index (χ1) is 10.5. The Labute approximate surface area is 143 Å². The van der Waals surface area contributed by atoms with Crippen molar-refractivity contribution >= 4 is 22.6 Å². The van der Waals surface area contributed by atoms with Crippen LogP contribution in [0.4, 0.5) is 4.39 Å². The number of nitrogens with zero attached hydrogens (tertiary/aromatic N) is 2. The second-order valence-electron chi connectivity index (χ2n) is 6.12. The number of benzene rings is 1. The fourth-order valence-corrected chi connectivity index (χ4v) is 4.49. The van der Waals surface area contributed by atoms with E-state index in [0.29, 0.717) is 37.7 Å². The predicted molar refractivity (Wildman–Crippen MR) is 90.2 cm³/mol. The second kappa shape index (κ2) is 7.44. The van der Waals surface area contributed by atoms with E-state index in [1.165, 1.54) is 20.7 Å². The van der Waals surface area contributed by atoms with E-state index in [1.54, 1.807) is 19.2 Å². The van der Waals surface area contributed by atoms with Gasteiger partial charge in [-0.1, -0.05) is 12.1 Å². The zero-order chi connectivity index (χ0) is 15.7. The van der Waals surface area contributed by atoms with E-state index in [0.717, 1.165) is 12.8 Å². The molecule has 2 fully saturated rings. The van der Waals surface area contributed by atoms with Crippen LogP contribution in [-0.2, 0) is 10.2 Å². The molecule has 5 nitrogen and oxygen atoms in total. The lowest BCUT2D eigenvalue weighted by Gasteiger charge is -2.37. The maximum atomic E-state index is 13.5. The predicted octanol–water partition coefficient (Wildman–Crippen LogP) is 1.78. The molecule has 1 heterocycles. The van der Waals surface area contributed by atoms with Gasteiger partial charge in [-0.3, -0.25) is 0 Å². The first kappa shape index (κ1) is 18.6. The van der Waals surface area contributed by atoms with Crippen LogP contribution in [0.25, 0.3) is 0 Å². The molecule has 1 saturated heterocycles. The highest BCUT2D eigenvalue weighted by molar-refractivity contribution is 7.86. The minimum Gasteiger partial charge on any atom is -0.313 e. The lowest BCUT2D eigenvalue weighted by molar-refractivity contribution is 0.251. The Balaban J connectivity index is 0.00000192. The van der Waals surface area contributed by atoms with Gasteiger partial charge in [0, 0.05) is 33.2 Å². The van der Waals surface area contributed by atoms with Gasteiger partial charge >= 0.3 is 0 Å². The van der Waals surface area contributed by atoms with Gasteiger partial charge in [-0.25, -0.2) is 4.39 Å². The summed E-state index contributed by atoms with van der Waals surface area (Å²) in [6.07, 6.45) is 2.21. The minimum absolute atomic E-state index is 0. The van der Waals surface area contributed by atoms with E-state index in [1.807, 2.05) is 0 Å². The summed E-state index contributed by atoms with van der Waals surface area (Å²) in [5.41, 5.74) is 0.690. The zero-order valence-corrected chi connectivity index (χ0v) is 14.7. The van der Waals surface area contributed by atoms with Gasteiger partial charge in [0.05, 0.1) is 6.04 Å². The Bertz CT molecular complexity index is 639. The van der Waals surface area contributed by atoms with Crippen LogP contribution in [0, 0.1) is 11.7 Å². The Kier molecular flexibility index (Phi) is 6.02. The Hall–Kier alpha value is -0.730. The van der Waals surface area contributed by atoms with Crippen molar-refractivity contribution in [3.63, 3.8) is 0 Å². The van der Waals surface area contributed by atoms with E-state index >= 15 is 0 Å². The Morgan fingerprint density at radius 2 is 2.13 bits per heavy atom. The molecule has 0 bridgehead atoms. The van der Waals surface area contributed by atoms with Crippen LogP contribution in [0.5, 0.6) is 0 Å². The summed E-state index contributed by atoms with van der Waals surface area (Å²) in [6.45, 7) is 2.09. The molecule has 1 unspecified atom stereocenters. The summed E-state index contributed by atoms with van der Waals surface area (Å²) in [6, 6.07) is 5.83. The third-order valence-electron chi connectivity index (χ3n) is 4.33. The van der Waals surface area contributed by atoms with Crippen LogP contribution in [0.3, 0.4) is 0 Å². The van der Waals surface area contributed by atoms with Gasteiger partial charge in [0.25, 0.3) is 10.2 Å². The van der Waals surface area contributed by atoms with Crippen LogP contribution in [0.2, 0.25) is 0 Å². The van der Waals surface area contributed by atoms with Crippen molar-refractivity contribution in [2.24, 2.45) is 5.92 Å². The molecule has 0 radical (unpaired) electrons. The summed E-state index contributed by atoms with van der Waals surface area (Å²) in [5, 5.41) is 3.20. The van der Waals surface area contributed by atoms with Gasteiger partial charge < -0.3 is 5.32 Å². The molecule has 1 N–H and O–H groups in total. The number of hydrogen-bond acceptors (Lipinski definition) is 3. The third kappa shape index (κ3) is 4.22. The van der Waals surface area contributed by atoms with Gasteiger partial charge in [0.15, 0.2) is 0 Å². The molecule has 0 aromatic heterocycles. The van der Waals surface area contributed by atoms with E-state index in [9.17, 15) is 12.8 Å². The molecule has 1 aromatic rings. The lowest BCUT2D eigenvalue weighted by atomic mass is 10.1. The van der Waals surface area contributed by atoms with Crippen LogP contribution in [0.15, 0.2) is 24.3 Å². The summed E-state index contributed by atoms with van der Waals surface area (Å²) >= 11 is 0. The van der Waals surface area contributed by atoms with Crippen LogP contribution >= 0.6 is 12.4 Å². The number of halogens is 2. The van der Waals surface area contributed by atoms with E-state index in [2.05, 4.69) is 5.32 Å². The van der Waals surface area contributed by atoms with E-state index < -0.39 is 10.2 Å². The molecule has 0 spiro atoms. The van der Waals surface area contributed by atoms with Crippen molar-refractivity contribution in [1.82, 2.24) is 13.9 Å². The van der Waals surface area contributed by atoms with Gasteiger partial charge in [-0.2, -0.15) is 17.0 Å². The SMILES string of the molecule is CN(CC1CC1)S(=O)(=O)N1CCNCC1c1cccc(F)c1.Cl. The number of rotatable bonds is 5. The van der Waals surface area contributed by atoms with Gasteiger partial charge in [0.1, 0.15) is 5.82 Å². The van der Waals surface area contributed by atoms with Crippen molar-refractivity contribution in [1.29, 1.82) is 0 Å². The summed E-state index contributed by atoms with van der Waals surface area (Å²) in [7, 11) is -1.89. The normalized spacial score (nSPS) is 22.8. The van der Waals surface area contributed by atoms with Crippen LogP contribution < -0.4 is 5.32 Å². The van der Waals surface area contributed by atoms with Crippen molar-refractivity contribution < 1.29 is 12.8 Å². The highest BCUT2D eigenvalue weighted by atomic mass is 35.5. The van der Waals surface area contributed by atoms with Crippen molar-refractivity contribution in [2.75, 3.05) is 33.2 Å². The monoisotopic (exact) mass is 363 g/mol. The van der Waals surface area contributed by atoms with Crippen molar-refractivity contribution in [3.05, 3.63) is 35.6 Å². The zero-order valence-electron chi connectivity index (χ0n) is 13.1. The number of hydrogen-bond donors (Lipinski definition) is 1. The smallest absolute Gasteiger partial charge is 0.282 e. The molecule has 23 heavy (non-hydrogen) atoms. The first-order valence-electron chi connectivity index (χ1n) is 7.68. The summed E-state index contributed by atoms with van der Waals surface area (Å²) in [4.78, 5) is 0. The molecule has 1 aliphatic carbocycles. The van der Waals surface area contributed by atoms with Crippen molar-refractivity contribution in [3.8, 4) is 0 Å². The molecule has 8 heteroatoms. The third-order valence-corrected chi connectivity index (χ3v) is 6.30. The largest absolute Gasteiger partial charge is 0.313 e. The average molecular weight is 364 g/mol. The average Bonchev–Trinajstić information content (AvgIpc) is 3.31. The highest BCUT2D eigenvalue weighted by Gasteiger charge is 2.37. The molecule has 0 amide bonds. The molecular weight excluding hydrogens is 341 g/mol. The topological polar surface area (TPSA) is 52.7 Å². The lowest BCUT2D eigenvalue weighted by Crippen LogP contribution is -2.52. The van der Waals surface area contributed by atoms with Crippen molar-refractivity contribution in [2.45, 2.75) is 18.9 Å². The molecule has 1 aliphatic heterocycles. The van der Waals surface area contributed by atoms with Gasteiger partial charge in [0.2, 0.25) is 0 Å². The maximum Gasteiger partial charge on any atom is 0.282 e. The number of piperazine rings is 1. The summed E-state index contributed by atoms with van der Waals surface area (Å²) < 4.78 is 42.1. The molecule has 2 aliphatic rings. The first-order valence-corrected chi connectivity index (χ1v) is 9.07. The molecule has 130 valence electrons. The van der Waals surface area contributed by atoms with Crippen LogP contribution in [0.1, 0.15) is 24.4 Å². The molecule has 1 saturated carbocycles. The standard InChI is InChI=1S/C15H22FN3O2S.ClH/c1-18(11-12-5-6-12)22(20,21)19-8-7-17-10-15(19)13-3-2-4-14(16)9-13;/h2-4,9,12,15,17H,5-8,10-11H2,1H3;1H. The fraction of sp³-hybridized carbons (Fsp3) is 0.600. The van der Waals surface area contributed by atoms with E-state index in [4.69, 9.17) is 0 Å². The molecule has 1 atom stereocenters. The number of nitrogens with one attached hydrogen (secondary N) is 1. The molecule has 1 aromatic carbocycles. The molecular formula is C15H23ClFN3O2S.